The molecule has 2 aromatic heterocycles. The zero-order valence-corrected chi connectivity index (χ0v) is 11.8. The molecule has 3 rings (SSSR count). The van der Waals surface area contributed by atoms with E-state index in [0.717, 1.165) is 15.8 Å². The summed E-state index contributed by atoms with van der Waals surface area (Å²) in [6.07, 6.45) is 1.18. The summed E-state index contributed by atoms with van der Waals surface area (Å²) in [5, 5.41) is 19.9. The Bertz CT molecular complexity index is 817. The Balaban J connectivity index is 2.00. The number of fused-ring (bicyclic) bond motifs is 1. The molecule has 3 aromatic rings. The Hall–Kier alpha value is -2.74. The second-order valence-electron chi connectivity index (χ2n) is 4.23. The summed E-state index contributed by atoms with van der Waals surface area (Å²) >= 11 is 1.64. The monoisotopic (exact) mass is 301 g/mol. The summed E-state index contributed by atoms with van der Waals surface area (Å²) in [6, 6.07) is 7.76. The van der Waals surface area contributed by atoms with Crippen molar-refractivity contribution in [3.8, 4) is 0 Å². The summed E-state index contributed by atoms with van der Waals surface area (Å²) in [5.74, 6) is 0.480. The fraction of sp³-hybridized carbons (Fsp3) is 0.0769. The van der Waals surface area contributed by atoms with Crippen LogP contribution < -0.4 is 10.6 Å². The quantitative estimate of drug-likeness (QED) is 0.567. The SMILES string of the molecule is CNc1ncc([N+](=O)[O-])c(Nc2ccc3sccc3c2)n1. The van der Waals surface area contributed by atoms with Gasteiger partial charge < -0.3 is 10.6 Å². The maximum Gasteiger partial charge on any atom is 0.329 e. The molecule has 0 amide bonds. The van der Waals surface area contributed by atoms with Gasteiger partial charge in [0.25, 0.3) is 0 Å². The summed E-state index contributed by atoms with van der Waals surface area (Å²) < 4.78 is 1.16. The van der Waals surface area contributed by atoms with Crippen LogP contribution in [0, 0.1) is 10.1 Å². The summed E-state index contributed by atoms with van der Waals surface area (Å²) in [7, 11) is 1.66. The van der Waals surface area contributed by atoms with Crippen LogP contribution in [0.25, 0.3) is 10.1 Å². The van der Waals surface area contributed by atoms with E-state index in [9.17, 15) is 10.1 Å². The third-order valence-corrected chi connectivity index (χ3v) is 3.80. The van der Waals surface area contributed by atoms with Crippen LogP contribution >= 0.6 is 11.3 Å². The van der Waals surface area contributed by atoms with Crippen LogP contribution in [0.15, 0.2) is 35.8 Å². The van der Waals surface area contributed by atoms with Crippen molar-refractivity contribution < 1.29 is 4.92 Å². The minimum Gasteiger partial charge on any atom is -0.357 e. The zero-order chi connectivity index (χ0) is 14.8. The number of hydrogen-bond acceptors (Lipinski definition) is 7. The minimum atomic E-state index is -0.509. The molecule has 0 fully saturated rings. The lowest BCUT2D eigenvalue weighted by molar-refractivity contribution is -0.384. The number of nitrogens with one attached hydrogen (secondary N) is 2. The van der Waals surface area contributed by atoms with E-state index in [4.69, 9.17) is 0 Å². The Labute approximate surface area is 123 Å². The molecule has 2 heterocycles. The van der Waals surface area contributed by atoms with E-state index in [0.29, 0.717) is 5.95 Å². The van der Waals surface area contributed by atoms with Gasteiger partial charge in [-0.15, -0.1) is 11.3 Å². The zero-order valence-electron chi connectivity index (χ0n) is 11.0. The van der Waals surface area contributed by atoms with Gasteiger partial charge in [-0.3, -0.25) is 10.1 Å². The maximum absolute atomic E-state index is 11.0. The topological polar surface area (TPSA) is 93.0 Å². The van der Waals surface area contributed by atoms with Gasteiger partial charge in [0, 0.05) is 17.4 Å². The lowest BCUT2D eigenvalue weighted by atomic mass is 10.2. The lowest BCUT2D eigenvalue weighted by Gasteiger charge is -2.07. The molecule has 0 saturated heterocycles. The number of hydrogen-bond donors (Lipinski definition) is 2. The Morgan fingerprint density at radius 3 is 2.95 bits per heavy atom. The van der Waals surface area contributed by atoms with E-state index in [1.165, 1.54) is 6.20 Å². The highest BCUT2D eigenvalue weighted by Crippen LogP contribution is 2.29. The van der Waals surface area contributed by atoms with Crippen molar-refractivity contribution in [2.75, 3.05) is 17.7 Å². The first-order valence-electron chi connectivity index (χ1n) is 6.11. The molecule has 2 N–H and O–H groups in total. The van der Waals surface area contributed by atoms with Crippen molar-refractivity contribution in [2.45, 2.75) is 0 Å². The number of thiophene rings is 1. The van der Waals surface area contributed by atoms with Gasteiger partial charge in [0.05, 0.1) is 4.92 Å². The second-order valence-corrected chi connectivity index (χ2v) is 5.18. The third kappa shape index (κ3) is 2.61. The molecule has 0 unspecified atom stereocenters. The molecule has 1 aromatic carbocycles. The standard InChI is InChI=1S/C13H11N5O2S/c1-14-13-15-7-10(18(19)20)12(17-13)16-9-2-3-11-8(6-9)4-5-21-11/h2-7H,1H3,(H2,14,15,16,17). The highest BCUT2D eigenvalue weighted by Gasteiger charge is 2.17. The van der Waals surface area contributed by atoms with Crippen molar-refractivity contribution in [3.63, 3.8) is 0 Å². The van der Waals surface area contributed by atoms with Gasteiger partial charge in [0.1, 0.15) is 6.20 Å². The smallest absolute Gasteiger partial charge is 0.329 e. The highest BCUT2D eigenvalue weighted by atomic mass is 32.1. The maximum atomic E-state index is 11.0. The third-order valence-electron chi connectivity index (χ3n) is 2.90. The van der Waals surface area contributed by atoms with E-state index in [1.54, 1.807) is 18.4 Å². The first-order chi connectivity index (χ1) is 10.2. The predicted molar refractivity (Wildman–Crippen MR) is 83.3 cm³/mol. The Morgan fingerprint density at radius 2 is 2.19 bits per heavy atom. The molecule has 0 spiro atoms. The molecule has 0 saturated carbocycles. The van der Waals surface area contributed by atoms with Gasteiger partial charge >= 0.3 is 5.69 Å². The van der Waals surface area contributed by atoms with E-state index in [-0.39, 0.29) is 11.5 Å². The largest absolute Gasteiger partial charge is 0.357 e. The fourth-order valence-corrected chi connectivity index (χ4v) is 2.67. The van der Waals surface area contributed by atoms with Crippen LogP contribution in [-0.2, 0) is 0 Å². The van der Waals surface area contributed by atoms with Crippen molar-refractivity contribution in [3.05, 3.63) is 46.0 Å². The van der Waals surface area contributed by atoms with E-state index >= 15 is 0 Å². The average Bonchev–Trinajstić information content (AvgIpc) is 2.94. The molecule has 0 aliphatic heterocycles. The lowest BCUT2D eigenvalue weighted by Crippen LogP contribution is -2.04. The van der Waals surface area contributed by atoms with Gasteiger partial charge in [0.2, 0.25) is 11.8 Å². The number of nitro groups is 1. The Kier molecular flexibility index (Phi) is 3.36. The molecule has 0 atom stereocenters. The van der Waals surface area contributed by atoms with Crippen molar-refractivity contribution in [2.24, 2.45) is 0 Å². The van der Waals surface area contributed by atoms with Crippen molar-refractivity contribution in [1.82, 2.24) is 9.97 Å². The number of benzene rings is 1. The fourth-order valence-electron chi connectivity index (χ4n) is 1.90. The number of nitrogens with zero attached hydrogens (tertiary/aromatic N) is 3. The highest BCUT2D eigenvalue weighted by molar-refractivity contribution is 7.17. The molecule has 106 valence electrons. The molecule has 21 heavy (non-hydrogen) atoms. The number of rotatable bonds is 4. The van der Waals surface area contributed by atoms with Crippen LogP contribution in [-0.4, -0.2) is 21.9 Å². The van der Waals surface area contributed by atoms with Crippen LogP contribution in [0.2, 0.25) is 0 Å². The number of aromatic nitrogens is 2. The molecular formula is C13H11N5O2S. The average molecular weight is 301 g/mol. The first-order valence-corrected chi connectivity index (χ1v) is 6.99. The molecule has 0 aliphatic rings. The first kappa shape index (κ1) is 13.3. The molecule has 0 bridgehead atoms. The van der Waals surface area contributed by atoms with Gasteiger partial charge in [-0.1, -0.05) is 0 Å². The van der Waals surface area contributed by atoms with Crippen LogP contribution in [0.4, 0.5) is 23.1 Å². The van der Waals surface area contributed by atoms with E-state index < -0.39 is 4.92 Å². The normalized spacial score (nSPS) is 10.5. The Morgan fingerprint density at radius 1 is 1.33 bits per heavy atom. The molecule has 0 aliphatic carbocycles. The van der Waals surface area contributed by atoms with Gasteiger partial charge in [0.15, 0.2) is 0 Å². The van der Waals surface area contributed by atoms with Crippen LogP contribution in [0.5, 0.6) is 0 Å². The van der Waals surface area contributed by atoms with E-state index in [2.05, 4.69) is 20.6 Å². The minimum absolute atomic E-state index is 0.161. The summed E-state index contributed by atoms with van der Waals surface area (Å²) in [6.45, 7) is 0. The molecule has 0 radical (unpaired) electrons. The van der Waals surface area contributed by atoms with E-state index in [1.807, 2.05) is 29.6 Å². The predicted octanol–water partition coefficient (Wildman–Crippen LogP) is 3.38. The second kappa shape index (κ2) is 5.33. The number of anilines is 3. The van der Waals surface area contributed by atoms with Crippen LogP contribution in [0.3, 0.4) is 0 Å². The van der Waals surface area contributed by atoms with Gasteiger partial charge in [-0.05, 0) is 35.0 Å². The van der Waals surface area contributed by atoms with Crippen molar-refractivity contribution >= 4 is 44.6 Å². The van der Waals surface area contributed by atoms with Crippen LogP contribution in [0.1, 0.15) is 0 Å². The van der Waals surface area contributed by atoms with Gasteiger partial charge in [-0.25, -0.2) is 4.98 Å². The molecule has 7 nitrogen and oxygen atoms in total. The molecular weight excluding hydrogens is 290 g/mol. The van der Waals surface area contributed by atoms with Crippen molar-refractivity contribution in [1.29, 1.82) is 0 Å². The molecule has 8 heteroatoms. The summed E-state index contributed by atoms with van der Waals surface area (Å²) in [4.78, 5) is 18.5. The summed E-state index contributed by atoms with van der Waals surface area (Å²) in [5.41, 5.74) is 0.573. The van der Waals surface area contributed by atoms with Gasteiger partial charge in [-0.2, -0.15) is 4.98 Å².